The summed E-state index contributed by atoms with van der Waals surface area (Å²) < 4.78 is 0. The van der Waals surface area contributed by atoms with Crippen molar-refractivity contribution in [2.75, 3.05) is 0 Å². The molecule has 72 valence electrons. The van der Waals surface area contributed by atoms with E-state index in [9.17, 15) is 0 Å². The van der Waals surface area contributed by atoms with Crippen LogP contribution in [0, 0.1) is 0 Å². The fourth-order valence-electron chi connectivity index (χ4n) is 1.13. The smallest absolute Gasteiger partial charge is 0.0548 e. The van der Waals surface area contributed by atoms with Crippen LogP contribution in [0.5, 0.6) is 0 Å². The minimum absolute atomic E-state index is 0.0799. The van der Waals surface area contributed by atoms with Gasteiger partial charge in [-0.15, -0.1) is 0 Å². The third kappa shape index (κ3) is 6.36. The van der Waals surface area contributed by atoms with Crippen molar-refractivity contribution in [2.45, 2.75) is 37.8 Å². The Hall–Kier alpha value is 1.19. The summed E-state index contributed by atoms with van der Waals surface area (Å²) in [5.74, 6) is 0. The van der Waals surface area contributed by atoms with Crippen LogP contribution in [0.3, 0.4) is 0 Å². The first-order valence-corrected chi connectivity index (χ1v) is 9.10. The molecule has 1 rings (SSSR count). The molecule has 1 saturated carbocycles. The summed E-state index contributed by atoms with van der Waals surface area (Å²) in [6, 6.07) is -0.160. The van der Waals surface area contributed by atoms with E-state index in [0.717, 1.165) is 12.8 Å². The topological polar surface area (TPSA) is 47.6 Å². The summed E-state index contributed by atoms with van der Waals surface area (Å²) >= 11 is -0.472. The molecule has 2 atom stereocenters. The molecule has 2 nitrogen and oxygen atoms in total. The van der Waals surface area contributed by atoms with Gasteiger partial charge in [0.1, 0.15) is 0 Å². The van der Waals surface area contributed by atoms with Gasteiger partial charge in [0.25, 0.3) is 0 Å². The molecule has 0 aromatic heterocycles. The molecule has 0 saturated heterocycles. The van der Waals surface area contributed by atoms with Crippen molar-refractivity contribution in [2.24, 2.45) is 0 Å². The largest absolute Gasteiger partial charge is 0.676 e. The first-order valence-electron chi connectivity index (χ1n) is 3.47. The van der Waals surface area contributed by atoms with Gasteiger partial charge in [-0.05, 0) is 0 Å². The Bertz CT molecular complexity index is 84.7. The first kappa shape index (κ1) is 12.2. The Balaban J connectivity index is 0.000000292. The van der Waals surface area contributed by atoms with Gasteiger partial charge >= 0.3 is 35.3 Å². The molecule has 1 fully saturated rings. The van der Waals surface area contributed by atoms with Gasteiger partial charge in [0, 0.05) is 0 Å². The number of rotatable bonds is 0. The number of halogens is 2. The van der Waals surface area contributed by atoms with E-state index >= 15 is 0 Å². The molecule has 2 unspecified atom stereocenters. The standard InChI is InChI=1S/C6H12N2.2ClH.Pt/c7-5-3-1-2-4-6(5)8;;;/h5-8H,1-4H2;2*1H;/q-2;;;+2/p-2. The summed E-state index contributed by atoms with van der Waals surface area (Å²) in [4.78, 5) is 0. The number of hydrogen-bond donors (Lipinski definition) is 0. The van der Waals surface area contributed by atoms with E-state index in [1.807, 2.05) is 0 Å². The SMILES string of the molecule is [Cl][Pt][Cl].[NH-]C1CCCCC1[NH-]. The zero-order chi connectivity index (χ0) is 8.69. The molecule has 0 aromatic rings. The van der Waals surface area contributed by atoms with E-state index in [1.54, 1.807) is 0 Å². The van der Waals surface area contributed by atoms with Gasteiger partial charge in [0.05, 0.1) is 0 Å². The van der Waals surface area contributed by atoms with Crippen molar-refractivity contribution in [3.05, 3.63) is 11.5 Å². The minimum Gasteiger partial charge on any atom is -0.676 e. The van der Waals surface area contributed by atoms with Crippen LogP contribution < -0.4 is 0 Å². The molecular formula is C6H12Cl2N2Pt-2. The van der Waals surface area contributed by atoms with Crippen molar-refractivity contribution in [1.29, 1.82) is 0 Å². The predicted molar refractivity (Wildman–Crippen MR) is 46.4 cm³/mol. The molecule has 0 amide bonds. The maximum atomic E-state index is 7.29. The second-order valence-electron chi connectivity index (χ2n) is 2.54. The molecule has 11 heavy (non-hydrogen) atoms. The minimum atomic E-state index is -0.472. The second kappa shape index (κ2) is 7.82. The molecule has 0 aliphatic heterocycles. The zero-order valence-corrected chi connectivity index (χ0v) is 9.84. The molecule has 0 radical (unpaired) electrons. The Morgan fingerprint density at radius 2 is 1.27 bits per heavy atom. The van der Waals surface area contributed by atoms with Crippen molar-refractivity contribution in [1.82, 2.24) is 0 Å². The Morgan fingerprint density at radius 3 is 1.45 bits per heavy atom. The quantitative estimate of drug-likeness (QED) is 0.616. The van der Waals surface area contributed by atoms with Crippen molar-refractivity contribution in [3.8, 4) is 0 Å². The zero-order valence-electron chi connectivity index (χ0n) is 6.06. The monoisotopic (exact) mass is 377 g/mol. The fraction of sp³-hybridized carbons (Fsp3) is 1.00. The van der Waals surface area contributed by atoms with Crippen LogP contribution in [0.4, 0.5) is 0 Å². The van der Waals surface area contributed by atoms with E-state index < -0.39 is 16.5 Å². The van der Waals surface area contributed by atoms with E-state index in [2.05, 4.69) is 0 Å². The predicted octanol–water partition coefficient (Wildman–Crippen LogP) is 3.78. The van der Waals surface area contributed by atoms with Crippen LogP contribution in [0.2, 0.25) is 0 Å². The van der Waals surface area contributed by atoms with Gasteiger partial charge in [-0.25, -0.2) is 0 Å². The maximum absolute atomic E-state index is 7.29. The maximum Gasteiger partial charge on any atom is -0.0548 e. The first-order chi connectivity index (χ1) is 5.22. The van der Waals surface area contributed by atoms with E-state index in [1.165, 1.54) is 12.8 Å². The molecule has 5 heteroatoms. The van der Waals surface area contributed by atoms with E-state index in [0.29, 0.717) is 0 Å². The van der Waals surface area contributed by atoms with Gasteiger partial charge in [-0.3, -0.25) is 0 Å². The van der Waals surface area contributed by atoms with Gasteiger partial charge in [0.2, 0.25) is 0 Å². The summed E-state index contributed by atoms with van der Waals surface area (Å²) in [5.41, 5.74) is 14.6. The second-order valence-corrected chi connectivity index (χ2v) is 5.83. The van der Waals surface area contributed by atoms with Crippen LogP contribution in [0.15, 0.2) is 0 Å². The average molecular weight is 378 g/mol. The fourth-order valence-corrected chi connectivity index (χ4v) is 1.13. The molecule has 0 aromatic carbocycles. The summed E-state index contributed by atoms with van der Waals surface area (Å²) in [5, 5.41) is 0. The molecule has 2 N–H and O–H groups in total. The Morgan fingerprint density at radius 1 is 1.00 bits per heavy atom. The summed E-state index contributed by atoms with van der Waals surface area (Å²) in [7, 11) is 9.75. The van der Waals surface area contributed by atoms with Gasteiger partial charge < -0.3 is 11.5 Å². The van der Waals surface area contributed by atoms with Crippen molar-refractivity contribution in [3.63, 3.8) is 0 Å². The van der Waals surface area contributed by atoms with E-state index in [-0.39, 0.29) is 12.1 Å². The molecule has 1 aliphatic rings. The van der Waals surface area contributed by atoms with Crippen molar-refractivity contribution >= 4 is 18.8 Å². The van der Waals surface area contributed by atoms with Crippen LogP contribution in [-0.4, -0.2) is 12.1 Å². The molecule has 1 aliphatic carbocycles. The van der Waals surface area contributed by atoms with Gasteiger partial charge in [-0.1, -0.05) is 25.7 Å². The van der Waals surface area contributed by atoms with Crippen molar-refractivity contribution < 1.29 is 16.5 Å². The Labute approximate surface area is 84.4 Å². The van der Waals surface area contributed by atoms with E-state index in [4.69, 9.17) is 30.3 Å². The van der Waals surface area contributed by atoms with Crippen LogP contribution in [0.25, 0.3) is 11.5 Å². The molecule has 0 heterocycles. The molecular weight excluding hydrogens is 366 g/mol. The third-order valence-electron chi connectivity index (χ3n) is 1.77. The van der Waals surface area contributed by atoms with Crippen LogP contribution in [0.1, 0.15) is 25.7 Å². The van der Waals surface area contributed by atoms with Crippen LogP contribution in [-0.2, 0) is 16.5 Å². The van der Waals surface area contributed by atoms with Crippen LogP contribution >= 0.6 is 18.8 Å². The average Bonchev–Trinajstić information content (AvgIpc) is 1.97. The van der Waals surface area contributed by atoms with Gasteiger partial charge in [-0.2, -0.15) is 12.1 Å². The summed E-state index contributed by atoms with van der Waals surface area (Å²) in [6.07, 6.45) is 4.25. The van der Waals surface area contributed by atoms with Gasteiger partial charge in [0.15, 0.2) is 0 Å². The number of nitrogens with one attached hydrogen (secondary N) is 2. The molecule has 0 spiro atoms. The Kier molecular flexibility index (Phi) is 8.66. The summed E-state index contributed by atoms with van der Waals surface area (Å²) in [6.45, 7) is 0. The number of hydrogen-bond acceptors (Lipinski definition) is 0. The third-order valence-corrected chi connectivity index (χ3v) is 1.77. The normalized spacial score (nSPS) is 30.9. The molecule has 0 bridgehead atoms.